The van der Waals surface area contributed by atoms with Crippen LogP contribution in [0.15, 0.2) is 18.6 Å². The van der Waals surface area contributed by atoms with Gasteiger partial charge in [-0.05, 0) is 13.3 Å². The maximum Gasteiger partial charge on any atom is 0.144 e. The Kier molecular flexibility index (Phi) is 3.48. The fourth-order valence-corrected chi connectivity index (χ4v) is 1.14. The van der Waals surface area contributed by atoms with Gasteiger partial charge in [0.2, 0.25) is 0 Å². The lowest BCUT2D eigenvalue weighted by Gasteiger charge is -2.27. The Bertz CT molecular complexity index is 246. The molecule has 13 heavy (non-hydrogen) atoms. The van der Waals surface area contributed by atoms with Gasteiger partial charge in [0, 0.05) is 23.8 Å². The van der Waals surface area contributed by atoms with Crippen LogP contribution in [0.2, 0.25) is 0 Å². The lowest BCUT2D eigenvalue weighted by molar-refractivity contribution is 0.551. The third-order valence-corrected chi connectivity index (χ3v) is 2.66. The molecule has 3 nitrogen and oxygen atoms in total. The average molecular weight is 200 g/mol. The largest absolute Gasteiger partial charge is 0.362 e. The number of nitrogens with zero attached hydrogens (tertiary/aromatic N) is 2. The van der Waals surface area contributed by atoms with Gasteiger partial charge in [-0.1, -0.05) is 6.92 Å². The van der Waals surface area contributed by atoms with E-state index in [0.717, 1.165) is 12.2 Å². The van der Waals surface area contributed by atoms with E-state index < -0.39 is 0 Å². The molecule has 0 radical (unpaired) electrons. The minimum Gasteiger partial charge on any atom is -0.362 e. The number of nitrogens with one attached hydrogen (secondary N) is 1. The number of hydrogen-bond donors (Lipinski definition) is 1. The van der Waals surface area contributed by atoms with Gasteiger partial charge in [0.15, 0.2) is 0 Å². The van der Waals surface area contributed by atoms with Crippen molar-refractivity contribution >= 4 is 17.4 Å². The van der Waals surface area contributed by atoms with Gasteiger partial charge in [-0.3, -0.25) is 4.98 Å². The molecule has 1 aromatic heterocycles. The van der Waals surface area contributed by atoms with E-state index in [0.29, 0.717) is 5.88 Å². The first-order chi connectivity index (χ1) is 6.20. The van der Waals surface area contributed by atoms with Crippen molar-refractivity contribution in [3.63, 3.8) is 0 Å². The molecule has 1 unspecified atom stereocenters. The summed E-state index contributed by atoms with van der Waals surface area (Å²) < 4.78 is 0. The number of anilines is 1. The molecule has 0 saturated carbocycles. The molecule has 72 valence electrons. The SMILES string of the molecule is CCC(C)(CCl)Nc1cnccn1. The fourth-order valence-electron chi connectivity index (χ4n) is 0.889. The zero-order valence-corrected chi connectivity index (χ0v) is 8.67. The monoisotopic (exact) mass is 199 g/mol. The van der Waals surface area contributed by atoms with E-state index in [-0.39, 0.29) is 5.54 Å². The smallest absolute Gasteiger partial charge is 0.144 e. The van der Waals surface area contributed by atoms with Gasteiger partial charge in [0.05, 0.1) is 6.20 Å². The minimum atomic E-state index is -0.0996. The Morgan fingerprint density at radius 2 is 2.31 bits per heavy atom. The maximum atomic E-state index is 5.85. The average Bonchev–Trinajstić information content (AvgIpc) is 2.19. The Labute approximate surface area is 83.5 Å². The molecule has 1 N–H and O–H groups in total. The Hall–Kier alpha value is -0.830. The van der Waals surface area contributed by atoms with Crippen molar-refractivity contribution in [2.75, 3.05) is 11.2 Å². The lowest BCUT2D eigenvalue weighted by atomic mass is 10.0. The molecule has 0 amide bonds. The molecule has 0 spiro atoms. The molecule has 0 fully saturated rings. The van der Waals surface area contributed by atoms with Crippen LogP contribution >= 0.6 is 11.6 Å². The quantitative estimate of drug-likeness (QED) is 0.757. The highest BCUT2D eigenvalue weighted by molar-refractivity contribution is 6.18. The van der Waals surface area contributed by atoms with Crippen LogP contribution < -0.4 is 5.32 Å². The van der Waals surface area contributed by atoms with Crippen molar-refractivity contribution in [3.8, 4) is 0 Å². The van der Waals surface area contributed by atoms with Crippen LogP contribution in [0, 0.1) is 0 Å². The van der Waals surface area contributed by atoms with E-state index in [2.05, 4.69) is 29.1 Å². The normalized spacial score (nSPS) is 15.0. The number of hydrogen-bond acceptors (Lipinski definition) is 3. The number of alkyl halides is 1. The van der Waals surface area contributed by atoms with Gasteiger partial charge in [0.25, 0.3) is 0 Å². The highest BCUT2D eigenvalue weighted by Gasteiger charge is 2.20. The molecular formula is C9H14ClN3. The zero-order valence-electron chi connectivity index (χ0n) is 7.92. The van der Waals surface area contributed by atoms with Gasteiger partial charge < -0.3 is 5.32 Å². The minimum absolute atomic E-state index is 0.0996. The number of aromatic nitrogens is 2. The summed E-state index contributed by atoms with van der Waals surface area (Å²) in [7, 11) is 0. The van der Waals surface area contributed by atoms with Crippen molar-refractivity contribution in [2.45, 2.75) is 25.8 Å². The summed E-state index contributed by atoms with van der Waals surface area (Å²) in [5.74, 6) is 1.33. The predicted molar refractivity (Wildman–Crippen MR) is 55.1 cm³/mol. The van der Waals surface area contributed by atoms with E-state index in [4.69, 9.17) is 11.6 Å². The fraction of sp³-hybridized carbons (Fsp3) is 0.556. The van der Waals surface area contributed by atoms with Gasteiger partial charge in [-0.2, -0.15) is 0 Å². The van der Waals surface area contributed by atoms with Gasteiger partial charge in [-0.25, -0.2) is 4.98 Å². The van der Waals surface area contributed by atoms with Crippen molar-refractivity contribution < 1.29 is 0 Å². The summed E-state index contributed by atoms with van der Waals surface area (Å²) in [4.78, 5) is 8.10. The molecule has 0 aromatic carbocycles. The lowest BCUT2D eigenvalue weighted by Crippen LogP contribution is -2.36. The van der Waals surface area contributed by atoms with Crippen LogP contribution in [0.5, 0.6) is 0 Å². The summed E-state index contributed by atoms with van der Waals surface area (Å²) in [5, 5.41) is 3.25. The zero-order chi connectivity index (χ0) is 9.73. The highest BCUT2D eigenvalue weighted by Crippen LogP contribution is 2.17. The van der Waals surface area contributed by atoms with Crippen LogP contribution in [-0.4, -0.2) is 21.4 Å². The summed E-state index contributed by atoms with van der Waals surface area (Å²) in [6.45, 7) is 4.15. The molecule has 0 aliphatic carbocycles. The van der Waals surface area contributed by atoms with E-state index in [1.807, 2.05) is 0 Å². The Morgan fingerprint density at radius 3 is 2.77 bits per heavy atom. The summed E-state index contributed by atoms with van der Waals surface area (Å²) in [5.41, 5.74) is -0.0996. The summed E-state index contributed by atoms with van der Waals surface area (Å²) in [6, 6.07) is 0. The molecule has 1 heterocycles. The van der Waals surface area contributed by atoms with E-state index in [1.165, 1.54) is 0 Å². The van der Waals surface area contributed by atoms with Crippen molar-refractivity contribution in [2.24, 2.45) is 0 Å². The first-order valence-corrected chi connectivity index (χ1v) is 4.84. The maximum absolute atomic E-state index is 5.85. The van der Waals surface area contributed by atoms with E-state index in [9.17, 15) is 0 Å². The molecule has 0 bridgehead atoms. The van der Waals surface area contributed by atoms with Gasteiger partial charge in [0.1, 0.15) is 5.82 Å². The molecule has 1 atom stereocenters. The second kappa shape index (κ2) is 4.42. The van der Waals surface area contributed by atoms with Crippen LogP contribution in [0.4, 0.5) is 5.82 Å². The summed E-state index contributed by atoms with van der Waals surface area (Å²) >= 11 is 5.85. The molecule has 0 aliphatic heterocycles. The Balaban J connectivity index is 2.68. The second-order valence-electron chi connectivity index (χ2n) is 3.26. The molecule has 4 heteroatoms. The summed E-state index contributed by atoms with van der Waals surface area (Å²) in [6.07, 6.45) is 5.95. The van der Waals surface area contributed by atoms with Crippen LogP contribution in [0.25, 0.3) is 0 Å². The van der Waals surface area contributed by atoms with E-state index >= 15 is 0 Å². The number of rotatable bonds is 4. The van der Waals surface area contributed by atoms with Crippen molar-refractivity contribution in [1.29, 1.82) is 0 Å². The van der Waals surface area contributed by atoms with Crippen molar-refractivity contribution in [3.05, 3.63) is 18.6 Å². The molecule has 1 rings (SSSR count). The molecule has 0 saturated heterocycles. The van der Waals surface area contributed by atoms with Crippen LogP contribution in [0.1, 0.15) is 20.3 Å². The predicted octanol–water partition coefficient (Wildman–Crippen LogP) is 2.30. The third kappa shape index (κ3) is 2.84. The third-order valence-electron chi connectivity index (χ3n) is 2.07. The first kappa shape index (κ1) is 10.3. The molecular weight excluding hydrogens is 186 g/mol. The van der Waals surface area contributed by atoms with Crippen LogP contribution in [0.3, 0.4) is 0 Å². The topological polar surface area (TPSA) is 37.8 Å². The van der Waals surface area contributed by atoms with E-state index in [1.54, 1.807) is 18.6 Å². The standard InChI is InChI=1S/C9H14ClN3/c1-3-9(2,7-10)13-8-6-11-4-5-12-8/h4-6H,3,7H2,1-2H3,(H,12,13). The molecule has 0 aliphatic rings. The first-order valence-electron chi connectivity index (χ1n) is 4.30. The van der Waals surface area contributed by atoms with Gasteiger partial charge >= 0.3 is 0 Å². The van der Waals surface area contributed by atoms with Gasteiger partial charge in [-0.15, -0.1) is 11.6 Å². The second-order valence-corrected chi connectivity index (χ2v) is 3.53. The Morgan fingerprint density at radius 1 is 1.54 bits per heavy atom. The highest BCUT2D eigenvalue weighted by atomic mass is 35.5. The number of halogens is 1. The van der Waals surface area contributed by atoms with Crippen LogP contribution in [-0.2, 0) is 0 Å². The van der Waals surface area contributed by atoms with Crippen molar-refractivity contribution in [1.82, 2.24) is 9.97 Å². The molecule has 1 aromatic rings.